The monoisotopic (exact) mass is 300 g/mol. The van der Waals surface area contributed by atoms with Gasteiger partial charge in [0, 0.05) is 0 Å². The Morgan fingerprint density at radius 3 is 1.58 bits per heavy atom. The van der Waals surface area contributed by atoms with Crippen molar-refractivity contribution in [1.29, 1.82) is 0 Å². The molecule has 0 radical (unpaired) electrons. The predicted molar refractivity (Wildman–Crippen MR) is 75.6 cm³/mol. The fourth-order valence-electron chi connectivity index (χ4n) is 1.99. The molecule has 0 heterocycles. The minimum Gasteiger partial charge on any atom is -0.748 e. The third kappa shape index (κ3) is 11.3. The van der Waals surface area contributed by atoms with Crippen LogP contribution in [0.15, 0.2) is 0 Å². The van der Waals surface area contributed by atoms with Crippen LogP contribution in [0.3, 0.4) is 0 Å². The first kappa shape index (κ1) is 22.2. The number of unbranched alkanes of at least 4 members (excludes halogenated alkanes) is 8. The average molecular weight is 300 g/mol. The van der Waals surface area contributed by atoms with Gasteiger partial charge in [-0.15, -0.1) is 0 Å². The number of hydrogen-bond donors (Lipinski definition) is 0. The quantitative estimate of drug-likeness (QED) is 0.328. The van der Waals surface area contributed by atoms with Crippen LogP contribution in [0.1, 0.15) is 85.0 Å². The van der Waals surface area contributed by atoms with Crippen molar-refractivity contribution in [2.45, 2.75) is 89.7 Å². The Morgan fingerprint density at radius 2 is 1.21 bits per heavy atom. The van der Waals surface area contributed by atoms with E-state index >= 15 is 0 Å². The van der Waals surface area contributed by atoms with Crippen molar-refractivity contribution in [3.63, 3.8) is 0 Å². The van der Waals surface area contributed by atoms with Crippen LogP contribution < -0.4 is 29.6 Å². The van der Waals surface area contributed by atoms with Crippen LogP contribution in [0.2, 0.25) is 0 Å². The average Bonchev–Trinajstić information content (AvgIpc) is 2.25. The second kappa shape index (κ2) is 11.6. The molecule has 0 aromatic carbocycles. The molecule has 0 atom stereocenters. The Hall–Kier alpha value is 0.910. The Bertz CT molecular complexity index is 300. The van der Waals surface area contributed by atoms with Crippen LogP contribution in [0.25, 0.3) is 0 Å². The largest absolute Gasteiger partial charge is 1.00 e. The summed E-state index contributed by atoms with van der Waals surface area (Å²) in [5.41, 5.74) is 0. The van der Waals surface area contributed by atoms with Gasteiger partial charge in [-0.2, -0.15) is 0 Å². The molecule has 0 spiro atoms. The van der Waals surface area contributed by atoms with E-state index in [9.17, 15) is 13.0 Å². The zero-order valence-corrected chi connectivity index (χ0v) is 16.0. The van der Waals surface area contributed by atoms with Crippen molar-refractivity contribution in [3.05, 3.63) is 0 Å². The Kier molecular flexibility index (Phi) is 13.5. The molecule has 0 saturated heterocycles. The van der Waals surface area contributed by atoms with Crippen LogP contribution in [-0.4, -0.2) is 17.7 Å². The Balaban J connectivity index is 0. The zero-order chi connectivity index (χ0) is 14.1. The molecule has 0 aliphatic heterocycles. The molecule has 0 unspecified atom stereocenters. The first-order valence-electron chi connectivity index (χ1n) is 7.26. The molecule has 19 heavy (non-hydrogen) atoms. The first-order chi connectivity index (χ1) is 8.31. The van der Waals surface area contributed by atoms with Gasteiger partial charge in [-0.3, -0.25) is 0 Å². The summed E-state index contributed by atoms with van der Waals surface area (Å²) in [6.07, 6.45) is 11.3. The minimum atomic E-state index is -4.16. The molecule has 0 bridgehead atoms. The third-order valence-corrected chi connectivity index (χ3v) is 5.12. The smallest absolute Gasteiger partial charge is 0.748 e. The van der Waals surface area contributed by atoms with E-state index in [2.05, 4.69) is 6.92 Å². The predicted octanol–water partition coefficient (Wildman–Crippen LogP) is 1.24. The van der Waals surface area contributed by atoms with E-state index in [-0.39, 0.29) is 29.6 Å². The topological polar surface area (TPSA) is 57.2 Å². The van der Waals surface area contributed by atoms with E-state index in [1.54, 1.807) is 0 Å². The van der Waals surface area contributed by atoms with Gasteiger partial charge >= 0.3 is 29.6 Å². The Labute approximate surface area is 142 Å². The second-order valence-corrected chi connectivity index (χ2v) is 7.81. The van der Waals surface area contributed by atoms with Crippen molar-refractivity contribution < 1.29 is 42.5 Å². The summed E-state index contributed by atoms with van der Waals surface area (Å²) in [6, 6.07) is 0. The molecule has 0 rings (SSSR count). The van der Waals surface area contributed by atoms with Crippen molar-refractivity contribution in [3.8, 4) is 0 Å². The molecular formula is C14H29NaO3S. The van der Waals surface area contributed by atoms with E-state index < -0.39 is 14.9 Å². The second-order valence-electron chi connectivity index (χ2n) is 5.79. The van der Waals surface area contributed by atoms with Crippen LogP contribution in [-0.2, 0) is 10.1 Å². The molecule has 3 nitrogen and oxygen atoms in total. The molecular weight excluding hydrogens is 271 g/mol. The SMILES string of the molecule is CCCCCCCCCCCC(C)(C)S(=O)(=O)[O-].[Na+]. The van der Waals surface area contributed by atoms with Crippen molar-refractivity contribution in [2.24, 2.45) is 0 Å². The first-order valence-corrected chi connectivity index (χ1v) is 8.67. The van der Waals surface area contributed by atoms with Gasteiger partial charge in [0.15, 0.2) is 0 Å². The molecule has 0 amide bonds. The molecule has 110 valence electrons. The van der Waals surface area contributed by atoms with Gasteiger partial charge in [0.1, 0.15) is 0 Å². The summed E-state index contributed by atoms with van der Waals surface area (Å²) in [6.45, 7) is 5.27. The van der Waals surface area contributed by atoms with Crippen LogP contribution >= 0.6 is 0 Å². The summed E-state index contributed by atoms with van der Waals surface area (Å²) in [5.74, 6) is 0. The number of rotatable bonds is 11. The molecule has 0 aliphatic rings. The number of hydrogen-bond acceptors (Lipinski definition) is 3. The maximum atomic E-state index is 11.0. The van der Waals surface area contributed by atoms with E-state index in [1.165, 1.54) is 52.4 Å². The van der Waals surface area contributed by atoms with E-state index in [0.717, 1.165) is 19.3 Å². The standard InChI is InChI=1S/C14H30O3S.Na/c1-4-5-6-7-8-9-10-11-12-13-14(2,3)18(15,16)17;/h4-13H2,1-3H3,(H,15,16,17);/q;+1/p-1. The van der Waals surface area contributed by atoms with E-state index in [4.69, 9.17) is 0 Å². The van der Waals surface area contributed by atoms with Gasteiger partial charge in [0.25, 0.3) is 0 Å². The molecule has 0 fully saturated rings. The van der Waals surface area contributed by atoms with Gasteiger partial charge in [0.2, 0.25) is 0 Å². The van der Waals surface area contributed by atoms with Crippen LogP contribution in [0.4, 0.5) is 0 Å². The molecule has 0 aromatic heterocycles. The fraction of sp³-hybridized carbons (Fsp3) is 1.00. The van der Waals surface area contributed by atoms with Gasteiger partial charge in [-0.05, 0) is 20.3 Å². The maximum Gasteiger partial charge on any atom is 1.00 e. The third-order valence-electron chi connectivity index (χ3n) is 3.56. The molecule has 0 N–H and O–H groups in total. The van der Waals surface area contributed by atoms with Gasteiger partial charge in [-0.1, -0.05) is 64.7 Å². The summed E-state index contributed by atoms with van der Waals surface area (Å²) < 4.78 is 31.8. The van der Waals surface area contributed by atoms with Crippen molar-refractivity contribution in [1.82, 2.24) is 0 Å². The maximum absolute atomic E-state index is 11.0. The van der Waals surface area contributed by atoms with Gasteiger partial charge in [-0.25, -0.2) is 8.42 Å². The van der Waals surface area contributed by atoms with Gasteiger partial charge < -0.3 is 4.55 Å². The summed E-state index contributed by atoms with van der Waals surface area (Å²) >= 11 is 0. The van der Waals surface area contributed by atoms with E-state index in [0.29, 0.717) is 6.42 Å². The molecule has 5 heteroatoms. The summed E-state index contributed by atoms with van der Waals surface area (Å²) in [7, 11) is -4.16. The van der Waals surface area contributed by atoms with Crippen LogP contribution in [0.5, 0.6) is 0 Å². The Morgan fingerprint density at radius 1 is 0.842 bits per heavy atom. The van der Waals surface area contributed by atoms with Crippen LogP contribution in [0, 0.1) is 0 Å². The minimum absolute atomic E-state index is 0. The van der Waals surface area contributed by atoms with Gasteiger partial charge in [0.05, 0.1) is 14.9 Å². The summed E-state index contributed by atoms with van der Waals surface area (Å²) in [4.78, 5) is 0. The van der Waals surface area contributed by atoms with E-state index in [1.807, 2.05) is 0 Å². The van der Waals surface area contributed by atoms with Crippen molar-refractivity contribution >= 4 is 10.1 Å². The fourth-order valence-corrected chi connectivity index (χ4v) is 2.38. The summed E-state index contributed by atoms with van der Waals surface area (Å²) in [5, 5.41) is 0. The normalized spacial score (nSPS) is 12.2. The molecule has 0 aliphatic carbocycles. The zero-order valence-electron chi connectivity index (χ0n) is 13.2. The van der Waals surface area contributed by atoms with Crippen molar-refractivity contribution in [2.75, 3.05) is 0 Å². The molecule has 0 aromatic rings. The molecule has 0 saturated carbocycles.